The van der Waals surface area contributed by atoms with Gasteiger partial charge in [0.1, 0.15) is 0 Å². The lowest BCUT2D eigenvalue weighted by Crippen LogP contribution is -2.29. The molecule has 5 heteroatoms. The molecule has 1 aliphatic rings. The maximum absolute atomic E-state index is 12.2. The van der Waals surface area contributed by atoms with Crippen LogP contribution in [-0.2, 0) is 4.33 Å². The standard InChI is InChI=1S/C12H6Cl2N2O/c13-12(14)8-4-2-6-16-10(8)9-7(11(12)17)3-1-5-15-9/h1-6H. The Morgan fingerprint density at radius 3 is 2.41 bits per heavy atom. The molecule has 84 valence electrons. The lowest BCUT2D eigenvalue weighted by atomic mass is 9.91. The maximum Gasteiger partial charge on any atom is 0.207 e. The third-order valence-electron chi connectivity index (χ3n) is 2.71. The number of fused-ring (bicyclic) bond motifs is 3. The molecule has 0 saturated carbocycles. The fraction of sp³-hybridized carbons (Fsp3) is 0.0833. The van der Waals surface area contributed by atoms with Crippen molar-refractivity contribution in [2.24, 2.45) is 0 Å². The van der Waals surface area contributed by atoms with Crippen molar-refractivity contribution < 1.29 is 4.79 Å². The number of hydrogen-bond acceptors (Lipinski definition) is 3. The zero-order valence-corrected chi connectivity index (χ0v) is 10.0. The molecule has 0 N–H and O–H groups in total. The number of carbonyl (C=O) groups excluding carboxylic acids is 1. The second-order valence-electron chi connectivity index (χ2n) is 3.70. The lowest BCUT2D eigenvalue weighted by molar-refractivity contribution is 0.0970. The van der Waals surface area contributed by atoms with Gasteiger partial charge in [-0.1, -0.05) is 29.3 Å². The number of halogens is 2. The molecule has 0 bridgehead atoms. The third kappa shape index (κ3) is 1.39. The van der Waals surface area contributed by atoms with Crippen LogP contribution < -0.4 is 0 Å². The minimum atomic E-state index is -1.58. The van der Waals surface area contributed by atoms with Gasteiger partial charge in [0.15, 0.2) is 0 Å². The van der Waals surface area contributed by atoms with Crippen molar-refractivity contribution in [3.8, 4) is 11.4 Å². The Labute approximate surface area is 107 Å². The molecule has 0 spiro atoms. The van der Waals surface area contributed by atoms with E-state index in [0.717, 1.165) is 0 Å². The number of hydrogen-bond donors (Lipinski definition) is 0. The summed E-state index contributed by atoms with van der Waals surface area (Å²) in [5.41, 5.74) is 1.99. The molecule has 0 amide bonds. The molecular weight excluding hydrogens is 259 g/mol. The first kappa shape index (κ1) is 10.7. The molecule has 1 aliphatic carbocycles. The first-order chi connectivity index (χ1) is 8.12. The van der Waals surface area contributed by atoms with Crippen molar-refractivity contribution in [3.05, 3.63) is 47.8 Å². The van der Waals surface area contributed by atoms with Crippen LogP contribution in [0, 0.1) is 0 Å². The van der Waals surface area contributed by atoms with Gasteiger partial charge in [-0.15, -0.1) is 0 Å². The van der Waals surface area contributed by atoms with E-state index in [1.54, 1.807) is 36.7 Å². The van der Waals surface area contributed by atoms with Crippen LogP contribution in [0.3, 0.4) is 0 Å². The Hall–Kier alpha value is -1.45. The number of carbonyl (C=O) groups is 1. The van der Waals surface area contributed by atoms with Crippen molar-refractivity contribution in [1.82, 2.24) is 9.97 Å². The quantitative estimate of drug-likeness (QED) is 0.688. The van der Waals surface area contributed by atoms with Gasteiger partial charge in [-0.2, -0.15) is 0 Å². The molecule has 0 aliphatic heterocycles. The van der Waals surface area contributed by atoms with E-state index in [9.17, 15) is 4.79 Å². The van der Waals surface area contributed by atoms with Crippen LogP contribution in [-0.4, -0.2) is 15.8 Å². The summed E-state index contributed by atoms with van der Waals surface area (Å²) in [7, 11) is 0. The van der Waals surface area contributed by atoms with Gasteiger partial charge in [0.05, 0.1) is 11.4 Å². The molecular formula is C12H6Cl2N2O. The van der Waals surface area contributed by atoms with Gasteiger partial charge in [-0.3, -0.25) is 14.8 Å². The van der Waals surface area contributed by atoms with E-state index in [4.69, 9.17) is 23.2 Å². The van der Waals surface area contributed by atoms with Gasteiger partial charge in [0.25, 0.3) is 0 Å². The van der Waals surface area contributed by atoms with E-state index in [1.807, 2.05) is 0 Å². The average Bonchev–Trinajstić information content (AvgIpc) is 2.37. The Morgan fingerprint density at radius 2 is 1.65 bits per heavy atom. The Balaban J connectivity index is 2.42. The molecule has 0 atom stereocenters. The predicted molar refractivity (Wildman–Crippen MR) is 65.2 cm³/mol. The fourth-order valence-electron chi connectivity index (χ4n) is 1.92. The molecule has 3 nitrogen and oxygen atoms in total. The highest BCUT2D eigenvalue weighted by Crippen LogP contribution is 2.46. The summed E-state index contributed by atoms with van der Waals surface area (Å²) in [6, 6.07) is 6.72. The first-order valence-electron chi connectivity index (χ1n) is 4.96. The Bertz CT molecular complexity index is 625. The van der Waals surface area contributed by atoms with Crippen molar-refractivity contribution in [3.63, 3.8) is 0 Å². The summed E-state index contributed by atoms with van der Waals surface area (Å²) < 4.78 is -1.58. The van der Waals surface area contributed by atoms with Crippen molar-refractivity contribution in [2.45, 2.75) is 4.33 Å². The summed E-state index contributed by atoms with van der Waals surface area (Å²) in [6.45, 7) is 0. The van der Waals surface area contributed by atoms with Gasteiger partial charge in [-0.05, 0) is 18.2 Å². The minimum absolute atomic E-state index is 0.357. The number of alkyl halides is 2. The fourth-order valence-corrected chi connectivity index (χ4v) is 2.42. The number of rotatable bonds is 0. The van der Waals surface area contributed by atoms with Crippen LogP contribution in [0.2, 0.25) is 0 Å². The SMILES string of the molecule is O=C1c2cccnc2-c2ncccc2C1(Cl)Cl. The minimum Gasteiger partial charge on any atom is -0.290 e. The normalized spacial score (nSPS) is 16.2. The molecule has 0 radical (unpaired) electrons. The van der Waals surface area contributed by atoms with Crippen LogP contribution in [0.4, 0.5) is 0 Å². The topological polar surface area (TPSA) is 42.9 Å². The van der Waals surface area contributed by atoms with Crippen LogP contribution >= 0.6 is 23.2 Å². The summed E-state index contributed by atoms with van der Waals surface area (Å²) in [4.78, 5) is 20.6. The third-order valence-corrected chi connectivity index (χ3v) is 3.46. The second kappa shape index (κ2) is 3.52. The van der Waals surface area contributed by atoms with Gasteiger partial charge < -0.3 is 0 Å². The van der Waals surface area contributed by atoms with Gasteiger partial charge in [0, 0.05) is 23.5 Å². The lowest BCUT2D eigenvalue weighted by Gasteiger charge is -2.26. The molecule has 2 aromatic rings. The van der Waals surface area contributed by atoms with E-state index in [1.165, 1.54) is 0 Å². The molecule has 0 aromatic carbocycles. The number of nitrogens with zero attached hydrogens (tertiary/aromatic N) is 2. The summed E-state index contributed by atoms with van der Waals surface area (Å²) >= 11 is 12.3. The summed E-state index contributed by atoms with van der Waals surface area (Å²) in [6.07, 6.45) is 3.23. The summed E-state index contributed by atoms with van der Waals surface area (Å²) in [5.74, 6) is -0.357. The Morgan fingerprint density at radius 1 is 1.00 bits per heavy atom. The van der Waals surface area contributed by atoms with E-state index < -0.39 is 4.33 Å². The van der Waals surface area contributed by atoms with Gasteiger partial charge in [-0.25, -0.2) is 0 Å². The van der Waals surface area contributed by atoms with E-state index in [0.29, 0.717) is 22.5 Å². The van der Waals surface area contributed by atoms with Crippen LogP contribution in [0.1, 0.15) is 15.9 Å². The van der Waals surface area contributed by atoms with Crippen molar-refractivity contribution >= 4 is 29.0 Å². The van der Waals surface area contributed by atoms with Crippen LogP contribution in [0.15, 0.2) is 36.7 Å². The number of Topliss-reactive ketones (excluding diaryl/α,β-unsaturated/α-hetero) is 1. The van der Waals surface area contributed by atoms with Crippen molar-refractivity contribution in [2.75, 3.05) is 0 Å². The highest BCUT2D eigenvalue weighted by Gasteiger charge is 2.44. The Kier molecular flexibility index (Phi) is 2.21. The predicted octanol–water partition coefficient (Wildman–Crippen LogP) is 2.97. The summed E-state index contributed by atoms with van der Waals surface area (Å²) in [5, 5.41) is 0. The number of ketones is 1. The second-order valence-corrected chi connectivity index (χ2v) is 5.03. The molecule has 2 heterocycles. The monoisotopic (exact) mass is 264 g/mol. The molecule has 2 aromatic heterocycles. The van der Waals surface area contributed by atoms with Gasteiger partial charge in [0.2, 0.25) is 10.1 Å². The maximum atomic E-state index is 12.2. The first-order valence-corrected chi connectivity index (χ1v) is 5.71. The van der Waals surface area contributed by atoms with E-state index in [2.05, 4.69) is 9.97 Å². The molecule has 17 heavy (non-hydrogen) atoms. The van der Waals surface area contributed by atoms with Gasteiger partial charge >= 0.3 is 0 Å². The zero-order chi connectivity index (χ0) is 12.0. The zero-order valence-electron chi connectivity index (χ0n) is 8.52. The molecule has 0 saturated heterocycles. The van der Waals surface area contributed by atoms with Crippen molar-refractivity contribution in [1.29, 1.82) is 0 Å². The average molecular weight is 265 g/mol. The number of pyridine rings is 2. The van der Waals surface area contributed by atoms with Crippen LogP contribution in [0.25, 0.3) is 11.4 Å². The van der Waals surface area contributed by atoms with Crippen LogP contribution in [0.5, 0.6) is 0 Å². The molecule has 0 unspecified atom stereocenters. The molecule has 0 fully saturated rings. The highest BCUT2D eigenvalue weighted by atomic mass is 35.5. The smallest absolute Gasteiger partial charge is 0.207 e. The highest BCUT2D eigenvalue weighted by molar-refractivity contribution is 6.60. The van der Waals surface area contributed by atoms with E-state index >= 15 is 0 Å². The molecule has 3 rings (SSSR count). The van der Waals surface area contributed by atoms with E-state index in [-0.39, 0.29) is 5.78 Å². The largest absolute Gasteiger partial charge is 0.290 e. The number of aromatic nitrogens is 2.